The number of oxime groups is 1. The number of aromatic amines is 1. The van der Waals surface area contributed by atoms with E-state index in [1.165, 1.54) is 33.8 Å². The third-order valence-corrected chi connectivity index (χ3v) is 9.60. The lowest BCUT2D eigenvalue weighted by atomic mass is 9.81. The number of hydrogen-bond acceptors (Lipinski definition) is 15. The lowest BCUT2D eigenvalue weighted by Gasteiger charge is -2.55. The molecule has 17 nitrogen and oxygen atoms in total. The lowest BCUT2D eigenvalue weighted by Crippen LogP contribution is -2.75. The summed E-state index contributed by atoms with van der Waals surface area (Å²) in [6.45, 7) is -0.519. The molecule has 4 heterocycles. The number of H-pyrrole nitrogens is 1. The van der Waals surface area contributed by atoms with Gasteiger partial charge in [0, 0.05) is 22.9 Å². The number of anilines is 1. The number of thioether (sulfide) groups is 2. The van der Waals surface area contributed by atoms with Crippen molar-refractivity contribution in [1.29, 1.82) is 0 Å². The van der Waals surface area contributed by atoms with Crippen LogP contribution in [0.15, 0.2) is 15.7 Å². The van der Waals surface area contributed by atoms with Gasteiger partial charge in [0.15, 0.2) is 10.8 Å². The number of aliphatic carboxylic acids is 2. The zero-order chi connectivity index (χ0) is 28.2. The maximum Gasteiger partial charge on any atom is 0.344 e. The number of fused-ring (bicyclic) bond motifs is 1. The quantitative estimate of drug-likeness (QED) is 0.0655. The maximum atomic E-state index is 13.1. The first-order valence-electron chi connectivity index (χ1n) is 11.4. The van der Waals surface area contributed by atoms with E-state index in [9.17, 15) is 24.3 Å². The molecule has 20 heteroatoms. The van der Waals surface area contributed by atoms with Crippen LogP contribution in [0, 0.1) is 5.41 Å². The van der Waals surface area contributed by atoms with Crippen molar-refractivity contribution < 1.29 is 34.2 Å². The van der Waals surface area contributed by atoms with Crippen LogP contribution < -0.4 is 16.8 Å². The van der Waals surface area contributed by atoms with Gasteiger partial charge in [-0.05, 0) is 29.8 Å². The van der Waals surface area contributed by atoms with E-state index in [1.54, 1.807) is 0 Å². The second-order valence-corrected chi connectivity index (χ2v) is 11.7. The van der Waals surface area contributed by atoms with Gasteiger partial charge < -0.3 is 36.7 Å². The molecule has 2 aliphatic rings. The molecule has 2 aromatic heterocycles. The predicted molar refractivity (Wildman–Crippen MR) is 139 cm³/mol. The Morgan fingerprint density at radius 3 is 2.82 bits per heavy atom. The molecule has 0 bridgehead atoms. The first-order valence-corrected chi connectivity index (χ1v) is 14.2. The Bertz CT molecular complexity index is 1260. The first-order chi connectivity index (χ1) is 18.7. The summed E-state index contributed by atoms with van der Waals surface area (Å²) in [5.41, 5.74) is 9.70. The molecule has 0 saturated carbocycles. The third kappa shape index (κ3) is 6.07. The minimum Gasteiger partial charge on any atom is -0.481 e. The number of amides is 2. The Morgan fingerprint density at radius 2 is 2.21 bits per heavy atom. The molecule has 4 rings (SSSR count). The van der Waals surface area contributed by atoms with Crippen LogP contribution in [0.2, 0.25) is 0 Å². The summed E-state index contributed by atoms with van der Waals surface area (Å²) in [5.74, 6) is -3.52. The van der Waals surface area contributed by atoms with Crippen LogP contribution in [0.4, 0.5) is 5.13 Å². The van der Waals surface area contributed by atoms with Gasteiger partial charge in [-0.1, -0.05) is 16.9 Å². The number of carboxylic acid groups (broad SMARTS) is 2. The molecule has 2 aliphatic heterocycles. The molecule has 0 aliphatic carbocycles. The molecule has 2 saturated heterocycles. The summed E-state index contributed by atoms with van der Waals surface area (Å²) < 4.78 is 0. The summed E-state index contributed by atoms with van der Waals surface area (Å²) in [6, 6.07) is -0.969. The fourth-order valence-corrected chi connectivity index (χ4v) is 7.59. The van der Waals surface area contributed by atoms with Gasteiger partial charge in [-0.3, -0.25) is 14.4 Å². The third-order valence-electron chi connectivity index (χ3n) is 6.01. The molecule has 4 atom stereocenters. The lowest BCUT2D eigenvalue weighted by molar-refractivity contribution is -0.158. The summed E-state index contributed by atoms with van der Waals surface area (Å²) in [7, 11) is 0. The standard InChI is InChI=1S/C19H24N10O7S3/c20-3-1-2-9(39-18-24-27-28-25-18)19(16(34)35)6-29-14(33)12(15(29)38-7-19)23-13(32)11(26-36-4-10(30)31)8-5-37-17(21)22-8/h5,9,12,15H,1-4,6-7,20H2,(H2,21,22)(H,23,32)(H,30,31)(H,34,35)(H,24,25,27,28)/t9?,12?,15-,19?/m1/s1. The van der Waals surface area contributed by atoms with E-state index in [0.717, 1.165) is 11.3 Å². The number of rotatable bonds is 13. The molecule has 2 aromatic rings. The van der Waals surface area contributed by atoms with Gasteiger partial charge in [-0.15, -0.1) is 28.2 Å². The van der Waals surface area contributed by atoms with Gasteiger partial charge in [0.2, 0.25) is 17.7 Å². The minimum atomic E-state index is -1.33. The Labute approximate surface area is 232 Å². The highest BCUT2D eigenvalue weighted by atomic mass is 32.2. The molecule has 8 N–H and O–H groups in total. The number of carbonyl (C=O) groups is 4. The molecule has 210 valence electrons. The topological polar surface area (TPSA) is 265 Å². The number of tetrazole rings is 1. The predicted octanol–water partition coefficient (Wildman–Crippen LogP) is -1.59. The zero-order valence-corrected chi connectivity index (χ0v) is 22.5. The monoisotopic (exact) mass is 600 g/mol. The maximum absolute atomic E-state index is 13.1. The van der Waals surface area contributed by atoms with E-state index in [1.807, 2.05) is 0 Å². The van der Waals surface area contributed by atoms with Gasteiger partial charge >= 0.3 is 11.9 Å². The largest absolute Gasteiger partial charge is 0.481 e. The van der Waals surface area contributed by atoms with E-state index in [4.69, 9.17) is 21.4 Å². The summed E-state index contributed by atoms with van der Waals surface area (Å²) in [5, 5.41) is 39.7. The fourth-order valence-electron chi connectivity index (χ4n) is 4.11. The van der Waals surface area contributed by atoms with Gasteiger partial charge in [0.05, 0.1) is 0 Å². The number of β-lactam (4-membered cyclic amide) rings is 1. The Hall–Kier alpha value is -3.49. The minimum absolute atomic E-state index is 0.0480. The van der Waals surface area contributed by atoms with Crippen molar-refractivity contribution in [3.63, 3.8) is 0 Å². The summed E-state index contributed by atoms with van der Waals surface area (Å²) in [4.78, 5) is 59.7. The van der Waals surface area contributed by atoms with Crippen molar-refractivity contribution in [3.05, 3.63) is 11.1 Å². The molecule has 0 radical (unpaired) electrons. The highest BCUT2D eigenvalue weighted by molar-refractivity contribution is 8.01. The summed E-state index contributed by atoms with van der Waals surface area (Å²) in [6.07, 6.45) is 1.01. The van der Waals surface area contributed by atoms with E-state index in [-0.39, 0.29) is 28.8 Å². The van der Waals surface area contributed by atoms with Crippen LogP contribution in [0.25, 0.3) is 0 Å². The Morgan fingerprint density at radius 1 is 1.41 bits per heavy atom. The first kappa shape index (κ1) is 28.5. The van der Waals surface area contributed by atoms with Crippen LogP contribution in [0.5, 0.6) is 0 Å². The van der Waals surface area contributed by atoms with Gasteiger partial charge in [0.1, 0.15) is 22.5 Å². The van der Waals surface area contributed by atoms with Crippen molar-refractivity contribution in [3.8, 4) is 0 Å². The van der Waals surface area contributed by atoms with Gasteiger partial charge in [0.25, 0.3) is 5.91 Å². The molecule has 39 heavy (non-hydrogen) atoms. The van der Waals surface area contributed by atoms with Crippen LogP contribution in [-0.2, 0) is 24.0 Å². The molecule has 2 amide bonds. The molecular formula is C19H24N10O7S3. The van der Waals surface area contributed by atoms with E-state index in [2.05, 4.69) is 36.1 Å². The second-order valence-electron chi connectivity index (χ2n) is 8.50. The van der Waals surface area contributed by atoms with Crippen molar-refractivity contribution in [2.24, 2.45) is 16.3 Å². The van der Waals surface area contributed by atoms with Crippen LogP contribution in [-0.4, -0.2) is 112 Å². The van der Waals surface area contributed by atoms with Crippen molar-refractivity contribution >= 4 is 69.5 Å². The average Bonchev–Trinajstić information content (AvgIpc) is 3.58. The van der Waals surface area contributed by atoms with Crippen LogP contribution in [0.1, 0.15) is 18.5 Å². The molecule has 3 unspecified atom stereocenters. The molecular weight excluding hydrogens is 576 g/mol. The number of carboxylic acids is 2. The van der Waals surface area contributed by atoms with E-state index in [0.29, 0.717) is 24.5 Å². The number of aromatic nitrogens is 5. The zero-order valence-electron chi connectivity index (χ0n) is 20.1. The highest BCUT2D eigenvalue weighted by Crippen LogP contribution is 2.48. The number of hydrogen-bond donors (Lipinski definition) is 6. The van der Waals surface area contributed by atoms with E-state index >= 15 is 0 Å². The number of nitrogens with one attached hydrogen (secondary N) is 2. The fraction of sp³-hybridized carbons (Fsp3) is 0.526. The Kier molecular flexibility index (Phi) is 8.87. The van der Waals surface area contributed by atoms with Gasteiger partial charge in [-0.2, -0.15) is 0 Å². The number of nitrogen functional groups attached to an aromatic ring is 1. The number of carbonyl (C=O) groups excluding carboxylic acids is 2. The molecule has 2 fully saturated rings. The van der Waals surface area contributed by atoms with Gasteiger partial charge in [-0.25, -0.2) is 14.9 Å². The van der Waals surface area contributed by atoms with E-state index < -0.39 is 52.4 Å². The molecule has 0 aromatic carbocycles. The van der Waals surface area contributed by atoms with Crippen LogP contribution in [0.3, 0.4) is 0 Å². The smallest absolute Gasteiger partial charge is 0.344 e. The average molecular weight is 601 g/mol. The highest BCUT2D eigenvalue weighted by Gasteiger charge is 2.60. The van der Waals surface area contributed by atoms with Crippen molar-refractivity contribution in [2.45, 2.75) is 34.7 Å². The van der Waals surface area contributed by atoms with Crippen molar-refractivity contribution in [1.82, 2.24) is 35.8 Å². The molecule has 0 spiro atoms. The van der Waals surface area contributed by atoms with Crippen molar-refractivity contribution in [2.75, 3.05) is 31.2 Å². The second kappa shape index (κ2) is 12.1. The number of thiazole rings is 1. The number of nitrogens with zero attached hydrogens (tertiary/aromatic N) is 6. The SMILES string of the molecule is NCCCC(Sc1nnn[nH]1)C1(C(=O)O)CS[C@@H]2C(NC(=O)C(=NOCC(=O)O)c3csc(N)n3)C(=O)N2C1. The normalized spacial score (nSPS) is 23.5. The van der Waals surface area contributed by atoms with Crippen LogP contribution >= 0.6 is 34.9 Å². The Balaban J connectivity index is 1.49. The number of nitrogens with two attached hydrogens (primary N) is 2. The summed E-state index contributed by atoms with van der Waals surface area (Å²) >= 11 is 3.45.